The summed E-state index contributed by atoms with van der Waals surface area (Å²) in [5.41, 5.74) is 5.62. The van der Waals surface area contributed by atoms with Gasteiger partial charge in [-0.1, -0.05) is 12.8 Å². The van der Waals surface area contributed by atoms with Crippen molar-refractivity contribution in [3.8, 4) is 0 Å². The van der Waals surface area contributed by atoms with E-state index >= 15 is 0 Å². The Morgan fingerprint density at radius 2 is 1.93 bits per heavy atom. The van der Waals surface area contributed by atoms with Gasteiger partial charge in [-0.3, -0.25) is 0 Å². The molecule has 0 aromatic carbocycles. The van der Waals surface area contributed by atoms with E-state index in [9.17, 15) is 0 Å². The van der Waals surface area contributed by atoms with Crippen molar-refractivity contribution in [1.82, 2.24) is 4.90 Å². The van der Waals surface area contributed by atoms with E-state index in [1.54, 1.807) is 0 Å². The lowest BCUT2D eigenvalue weighted by atomic mass is 9.95. The van der Waals surface area contributed by atoms with Crippen molar-refractivity contribution in [2.24, 2.45) is 17.6 Å². The lowest BCUT2D eigenvalue weighted by Gasteiger charge is -2.32. The van der Waals surface area contributed by atoms with Crippen molar-refractivity contribution in [1.29, 1.82) is 0 Å². The van der Waals surface area contributed by atoms with Crippen LogP contribution < -0.4 is 5.73 Å². The van der Waals surface area contributed by atoms with E-state index < -0.39 is 0 Å². The number of piperidine rings is 1. The lowest BCUT2D eigenvalue weighted by molar-refractivity contribution is 0.166. The summed E-state index contributed by atoms with van der Waals surface area (Å²) >= 11 is 0. The highest BCUT2D eigenvalue weighted by molar-refractivity contribution is 4.78. The second-order valence-electron chi connectivity index (χ2n) is 5.12. The first-order valence-electron chi connectivity index (χ1n) is 6.31. The van der Waals surface area contributed by atoms with Gasteiger partial charge in [-0.05, 0) is 57.2 Å². The number of hydrogen-bond donors (Lipinski definition) is 1. The molecule has 82 valence electrons. The van der Waals surface area contributed by atoms with Gasteiger partial charge in [0.05, 0.1) is 0 Å². The van der Waals surface area contributed by atoms with E-state index in [0.29, 0.717) is 0 Å². The predicted octanol–water partition coefficient (Wildman–Crippen LogP) is 1.85. The van der Waals surface area contributed by atoms with Gasteiger partial charge in [0.2, 0.25) is 0 Å². The Morgan fingerprint density at radius 1 is 1.07 bits per heavy atom. The molecular weight excluding hydrogens is 172 g/mol. The Morgan fingerprint density at radius 3 is 2.64 bits per heavy atom. The van der Waals surface area contributed by atoms with Crippen LogP contribution in [0, 0.1) is 11.8 Å². The largest absolute Gasteiger partial charge is 0.330 e. The van der Waals surface area contributed by atoms with Crippen LogP contribution >= 0.6 is 0 Å². The third kappa shape index (κ3) is 3.25. The number of likely N-dealkylation sites (tertiary alicyclic amines) is 1. The molecule has 1 atom stereocenters. The molecule has 0 spiro atoms. The normalized spacial score (nSPS) is 29.4. The predicted molar refractivity (Wildman–Crippen MR) is 60.2 cm³/mol. The minimum absolute atomic E-state index is 0.876. The van der Waals surface area contributed by atoms with Crippen LogP contribution in [0.4, 0.5) is 0 Å². The molecule has 1 saturated carbocycles. The number of hydrogen-bond acceptors (Lipinski definition) is 2. The van der Waals surface area contributed by atoms with E-state index in [1.807, 2.05) is 0 Å². The monoisotopic (exact) mass is 196 g/mol. The van der Waals surface area contributed by atoms with Gasteiger partial charge >= 0.3 is 0 Å². The van der Waals surface area contributed by atoms with Crippen LogP contribution in [0.2, 0.25) is 0 Å². The standard InChI is InChI=1S/C12H24N2/c13-7-5-12-2-1-8-14(10-12)9-6-11-3-4-11/h11-12H,1-10,13H2. The topological polar surface area (TPSA) is 29.3 Å². The summed E-state index contributed by atoms with van der Waals surface area (Å²) in [7, 11) is 0. The Hall–Kier alpha value is -0.0800. The SMILES string of the molecule is NCCC1CCCN(CCC2CC2)C1. The molecule has 2 aliphatic rings. The highest BCUT2D eigenvalue weighted by Crippen LogP contribution is 2.33. The summed E-state index contributed by atoms with van der Waals surface area (Å²) in [5, 5.41) is 0. The van der Waals surface area contributed by atoms with Gasteiger partial charge in [-0.15, -0.1) is 0 Å². The molecule has 1 aliphatic heterocycles. The second kappa shape index (κ2) is 5.13. The fourth-order valence-electron chi connectivity index (χ4n) is 2.60. The molecule has 2 fully saturated rings. The van der Waals surface area contributed by atoms with Gasteiger partial charge in [0, 0.05) is 6.54 Å². The Kier molecular flexibility index (Phi) is 3.82. The molecule has 0 radical (unpaired) electrons. The van der Waals surface area contributed by atoms with Crippen molar-refractivity contribution in [3.05, 3.63) is 0 Å². The number of nitrogens with two attached hydrogens (primary N) is 1. The van der Waals surface area contributed by atoms with Gasteiger partial charge in [0.1, 0.15) is 0 Å². The molecule has 1 heterocycles. The van der Waals surface area contributed by atoms with Crippen molar-refractivity contribution in [3.63, 3.8) is 0 Å². The molecule has 14 heavy (non-hydrogen) atoms. The fourth-order valence-corrected chi connectivity index (χ4v) is 2.60. The first-order valence-corrected chi connectivity index (χ1v) is 6.31. The summed E-state index contributed by atoms with van der Waals surface area (Å²) in [4.78, 5) is 2.67. The fraction of sp³-hybridized carbons (Fsp3) is 1.00. The van der Waals surface area contributed by atoms with Crippen LogP contribution in [0.3, 0.4) is 0 Å². The van der Waals surface area contributed by atoms with Crippen molar-refractivity contribution in [2.45, 2.75) is 38.5 Å². The average Bonchev–Trinajstić information content (AvgIpc) is 2.99. The van der Waals surface area contributed by atoms with Crippen LogP contribution in [0.1, 0.15) is 38.5 Å². The summed E-state index contributed by atoms with van der Waals surface area (Å²) in [6, 6.07) is 0. The third-order valence-corrected chi connectivity index (χ3v) is 3.73. The molecule has 1 aliphatic carbocycles. The second-order valence-corrected chi connectivity index (χ2v) is 5.12. The molecule has 0 aromatic heterocycles. The molecule has 2 rings (SSSR count). The van der Waals surface area contributed by atoms with Crippen molar-refractivity contribution in [2.75, 3.05) is 26.2 Å². The number of nitrogens with zero attached hydrogens (tertiary/aromatic N) is 1. The smallest absolute Gasteiger partial charge is 0.00101 e. The van der Waals surface area contributed by atoms with Crippen LogP contribution in [0.5, 0.6) is 0 Å². The molecule has 1 unspecified atom stereocenters. The number of rotatable bonds is 5. The lowest BCUT2D eigenvalue weighted by Crippen LogP contribution is -2.36. The van der Waals surface area contributed by atoms with Gasteiger partial charge in [0.15, 0.2) is 0 Å². The van der Waals surface area contributed by atoms with Gasteiger partial charge in [-0.25, -0.2) is 0 Å². The zero-order valence-electron chi connectivity index (χ0n) is 9.25. The minimum atomic E-state index is 0.876. The van der Waals surface area contributed by atoms with Crippen molar-refractivity contribution < 1.29 is 0 Å². The van der Waals surface area contributed by atoms with Crippen LogP contribution in [0.25, 0.3) is 0 Å². The maximum absolute atomic E-state index is 5.62. The molecule has 2 nitrogen and oxygen atoms in total. The van der Waals surface area contributed by atoms with Crippen molar-refractivity contribution >= 4 is 0 Å². The van der Waals surface area contributed by atoms with Gasteiger partial charge < -0.3 is 10.6 Å². The Bertz CT molecular complexity index is 164. The first-order chi connectivity index (χ1) is 6.88. The van der Waals surface area contributed by atoms with E-state index in [0.717, 1.165) is 18.4 Å². The molecule has 0 aromatic rings. The summed E-state index contributed by atoms with van der Waals surface area (Å²) in [5.74, 6) is 1.98. The van der Waals surface area contributed by atoms with E-state index in [4.69, 9.17) is 5.73 Å². The molecular formula is C12H24N2. The zero-order chi connectivity index (χ0) is 9.80. The molecule has 0 bridgehead atoms. The third-order valence-electron chi connectivity index (χ3n) is 3.73. The van der Waals surface area contributed by atoms with Crippen LogP contribution in [-0.4, -0.2) is 31.1 Å². The maximum atomic E-state index is 5.62. The quantitative estimate of drug-likeness (QED) is 0.727. The molecule has 1 saturated heterocycles. The highest BCUT2D eigenvalue weighted by Gasteiger charge is 2.24. The summed E-state index contributed by atoms with van der Waals surface area (Å²) in [6.45, 7) is 4.89. The van der Waals surface area contributed by atoms with Crippen LogP contribution in [0.15, 0.2) is 0 Å². The minimum Gasteiger partial charge on any atom is -0.330 e. The van der Waals surface area contributed by atoms with Crippen LogP contribution in [-0.2, 0) is 0 Å². The zero-order valence-corrected chi connectivity index (χ0v) is 9.25. The Labute approximate surface area is 87.8 Å². The van der Waals surface area contributed by atoms with Gasteiger partial charge in [-0.2, -0.15) is 0 Å². The van der Waals surface area contributed by atoms with E-state index in [-0.39, 0.29) is 0 Å². The van der Waals surface area contributed by atoms with E-state index in [2.05, 4.69) is 4.90 Å². The summed E-state index contributed by atoms with van der Waals surface area (Å²) < 4.78 is 0. The molecule has 2 heteroatoms. The maximum Gasteiger partial charge on any atom is 0.00101 e. The summed E-state index contributed by atoms with van der Waals surface area (Å²) in [6.07, 6.45) is 8.50. The Balaban J connectivity index is 1.64. The highest BCUT2D eigenvalue weighted by atomic mass is 15.1. The molecule has 0 amide bonds. The molecule has 2 N–H and O–H groups in total. The average molecular weight is 196 g/mol. The van der Waals surface area contributed by atoms with Gasteiger partial charge in [0.25, 0.3) is 0 Å². The van der Waals surface area contributed by atoms with E-state index in [1.165, 1.54) is 58.2 Å². The first kappa shape index (κ1) is 10.4.